The van der Waals surface area contributed by atoms with Crippen LogP contribution in [0.4, 0.5) is 0 Å². The molecule has 33 heavy (non-hydrogen) atoms. The maximum absolute atomic E-state index is 13.1. The van der Waals surface area contributed by atoms with Gasteiger partial charge in [-0.2, -0.15) is 4.31 Å². The van der Waals surface area contributed by atoms with Crippen LogP contribution in [0.25, 0.3) is 11.0 Å². The van der Waals surface area contributed by atoms with Crippen LogP contribution in [0.5, 0.6) is 11.5 Å². The zero-order valence-electron chi connectivity index (χ0n) is 18.3. The number of carbonyl (C=O) groups is 1. The number of piperazine rings is 1. The summed E-state index contributed by atoms with van der Waals surface area (Å²) >= 11 is 0. The number of methoxy groups -OCH3 is 2. The second kappa shape index (κ2) is 9.20. The first kappa shape index (κ1) is 22.7. The summed E-state index contributed by atoms with van der Waals surface area (Å²) in [6.45, 7) is 0.610. The molecule has 0 N–H and O–H groups in total. The number of benzene rings is 2. The van der Waals surface area contributed by atoms with E-state index < -0.39 is 10.0 Å². The van der Waals surface area contributed by atoms with Crippen LogP contribution in [0.15, 0.2) is 58.4 Å². The van der Waals surface area contributed by atoms with Gasteiger partial charge in [-0.1, -0.05) is 12.1 Å². The second-order valence-electron chi connectivity index (χ2n) is 7.47. The molecular weight excluding hydrogens is 448 g/mol. The fourth-order valence-corrected chi connectivity index (χ4v) is 5.26. The van der Waals surface area contributed by atoms with Crippen molar-refractivity contribution in [3.8, 4) is 11.5 Å². The van der Waals surface area contributed by atoms with Crippen molar-refractivity contribution in [2.45, 2.75) is 11.4 Å². The average molecular weight is 473 g/mol. The molecule has 11 heteroatoms. The van der Waals surface area contributed by atoms with Crippen molar-refractivity contribution >= 4 is 27.0 Å². The van der Waals surface area contributed by atoms with Gasteiger partial charge in [0.25, 0.3) is 5.56 Å². The minimum absolute atomic E-state index is 0.0923. The minimum atomic E-state index is -3.77. The Kier molecular flexibility index (Phi) is 6.34. The van der Waals surface area contributed by atoms with Crippen LogP contribution >= 0.6 is 0 Å². The Morgan fingerprint density at radius 3 is 2.39 bits per heavy atom. The van der Waals surface area contributed by atoms with Gasteiger partial charge >= 0.3 is 0 Å². The largest absolute Gasteiger partial charge is 0.493 e. The Labute approximate surface area is 191 Å². The molecule has 1 fully saturated rings. The van der Waals surface area contributed by atoms with Gasteiger partial charge in [0.1, 0.15) is 6.54 Å². The highest BCUT2D eigenvalue weighted by Crippen LogP contribution is 2.30. The fraction of sp³-hybridized carbons (Fsp3) is 0.318. The van der Waals surface area contributed by atoms with Crippen LogP contribution in [0.1, 0.15) is 0 Å². The maximum Gasteiger partial charge on any atom is 0.269 e. The van der Waals surface area contributed by atoms with Gasteiger partial charge in [0.05, 0.1) is 36.3 Å². The van der Waals surface area contributed by atoms with Gasteiger partial charge in [0, 0.05) is 32.2 Å². The Hall–Kier alpha value is -3.44. The predicted octanol–water partition coefficient (Wildman–Crippen LogP) is 0.947. The molecule has 0 bridgehead atoms. The van der Waals surface area contributed by atoms with Gasteiger partial charge in [-0.05, 0) is 24.3 Å². The van der Waals surface area contributed by atoms with Gasteiger partial charge in [0.15, 0.2) is 11.5 Å². The number of nitrogens with zero attached hydrogens (tertiary/aromatic N) is 4. The summed E-state index contributed by atoms with van der Waals surface area (Å²) in [5.41, 5.74) is 0.834. The molecule has 1 aliphatic heterocycles. The van der Waals surface area contributed by atoms with Crippen molar-refractivity contribution in [2.75, 3.05) is 40.4 Å². The van der Waals surface area contributed by atoms with Gasteiger partial charge < -0.3 is 14.4 Å². The van der Waals surface area contributed by atoms with Crippen LogP contribution in [0.2, 0.25) is 0 Å². The standard InChI is InChI=1S/C22H24N4O6S/c1-31-19-8-7-16(13-20(19)32-2)33(29,30)25-11-9-24(10-12-25)22(28)15-26-18-6-4-3-5-17(18)23-14-21(26)27/h3-8,13-14H,9-12,15H2,1-2H3. The number of hydrogen-bond donors (Lipinski definition) is 0. The van der Waals surface area contributed by atoms with E-state index in [1.54, 1.807) is 29.2 Å². The predicted molar refractivity (Wildman–Crippen MR) is 121 cm³/mol. The molecule has 1 aliphatic rings. The molecule has 0 aliphatic carbocycles. The van der Waals surface area contributed by atoms with E-state index in [9.17, 15) is 18.0 Å². The number of hydrogen-bond acceptors (Lipinski definition) is 7. The molecule has 0 unspecified atom stereocenters. The summed E-state index contributed by atoms with van der Waals surface area (Å²) < 4.78 is 39.3. The zero-order valence-corrected chi connectivity index (χ0v) is 19.1. The minimum Gasteiger partial charge on any atom is -0.493 e. The fourth-order valence-electron chi connectivity index (χ4n) is 3.82. The first-order valence-corrected chi connectivity index (χ1v) is 11.7. The number of sulfonamides is 1. The molecule has 1 aromatic heterocycles. The van der Waals surface area contributed by atoms with Crippen molar-refractivity contribution in [2.24, 2.45) is 0 Å². The quantitative estimate of drug-likeness (QED) is 0.525. The van der Waals surface area contributed by atoms with Crippen molar-refractivity contribution in [1.82, 2.24) is 18.8 Å². The summed E-state index contributed by atoms with van der Waals surface area (Å²) in [7, 11) is -0.849. The van der Waals surface area contributed by atoms with Gasteiger partial charge in [-0.25, -0.2) is 13.4 Å². The van der Waals surface area contributed by atoms with Gasteiger partial charge in [-0.3, -0.25) is 14.2 Å². The van der Waals surface area contributed by atoms with Crippen molar-refractivity contribution < 1.29 is 22.7 Å². The zero-order chi connectivity index (χ0) is 23.6. The number of aromatic nitrogens is 2. The molecule has 1 saturated heterocycles. The number of para-hydroxylation sites is 2. The number of amides is 1. The van der Waals surface area contributed by atoms with Crippen molar-refractivity contribution in [3.63, 3.8) is 0 Å². The Bertz CT molecular complexity index is 1350. The molecule has 1 amide bonds. The third kappa shape index (κ3) is 4.41. The normalized spacial score (nSPS) is 14.9. The molecule has 0 atom stereocenters. The Morgan fingerprint density at radius 2 is 1.70 bits per heavy atom. The summed E-state index contributed by atoms with van der Waals surface area (Å²) in [6, 6.07) is 11.5. The van der Waals surface area contributed by atoms with E-state index in [0.717, 1.165) is 0 Å². The molecule has 0 radical (unpaired) electrons. The SMILES string of the molecule is COc1ccc(S(=O)(=O)N2CCN(C(=O)Cn3c(=O)cnc4ccccc43)CC2)cc1OC. The summed E-state index contributed by atoms with van der Waals surface area (Å²) in [5, 5.41) is 0. The van der Waals surface area contributed by atoms with E-state index in [2.05, 4.69) is 4.98 Å². The van der Waals surface area contributed by atoms with Crippen LogP contribution < -0.4 is 15.0 Å². The highest BCUT2D eigenvalue weighted by atomic mass is 32.2. The molecule has 174 valence electrons. The van der Waals surface area contributed by atoms with E-state index >= 15 is 0 Å². The molecule has 4 rings (SSSR count). The van der Waals surface area contributed by atoms with Crippen molar-refractivity contribution in [3.05, 3.63) is 59.0 Å². The molecule has 10 nitrogen and oxygen atoms in total. The van der Waals surface area contributed by atoms with Crippen LogP contribution in [0.3, 0.4) is 0 Å². The second-order valence-corrected chi connectivity index (χ2v) is 9.41. The van der Waals surface area contributed by atoms with Crippen LogP contribution in [-0.2, 0) is 21.4 Å². The van der Waals surface area contributed by atoms with E-state index in [1.807, 2.05) is 6.07 Å². The highest BCUT2D eigenvalue weighted by Gasteiger charge is 2.31. The van der Waals surface area contributed by atoms with E-state index in [4.69, 9.17) is 9.47 Å². The molecule has 2 heterocycles. The highest BCUT2D eigenvalue weighted by molar-refractivity contribution is 7.89. The molecule has 3 aromatic rings. The van der Waals surface area contributed by atoms with E-state index in [1.165, 1.54) is 41.4 Å². The maximum atomic E-state index is 13.1. The monoisotopic (exact) mass is 472 g/mol. The lowest BCUT2D eigenvalue weighted by Gasteiger charge is -2.34. The van der Waals surface area contributed by atoms with Crippen LogP contribution in [0, 0.1) is 0 Å². The first-order chi connectivity index (χ1) is 15.8. The number of rotatable bonds is 6. The van der Waals surface area contributed by atoms with Gasteiger partial charge in [0.2, 0.25) is 15.9 Å². The number of fused-ring (bicyclic) bond motifs is 1. The van der Waals surface area contributed by atoms with Crippen LogP contribution in [-0.4, -0.2) is 73.5 Å². The van der Waals surface area contributed by atoms with Gasteiger partial charge in [-0.15, -0.1) is 0 Å². The Balaban J connectivity index is 1.46. The third-order valence-electron chi connectivity index (χ3n) is 5.63. The summed E-state index contributed by atoms with van der Waals surface area (Å²) in [6.07, 6.45) is 1.20. The molecule has 0 saturated carbocycles. The smallest absolute Gasteiger partial charge is 0.269 e. The first-order valence-electron chi connectivity index (χ1n) is 10.3. The van der Waals surface area contributed by atoms with Crippen molar-refractivity contribution in [1.29, 1.82) is 0 Å². The molecular formula is C22H24N4O6S. The number of carbonyl (C=O) groups excluding carboxylic acids is 1. The summed E-state index contributed by atoms with van der Waals surface area (Å²) in [5.74, 6) is 0.504. The lowest BCUT2D eigenvalue weighted by molar-refractivity contribution is -0.133. The lowest BCUT2D eigenvalue weighted by atomic mass is 10.3. The molecule has 0 spiro atoms. The third-order valence-corrected chi connectivity index (χ3v) is 7.52. The number of ether oxygens (including phenoxy) is 2. The topological polar surface area (TPSA) is 111 Å². The van der Waals surface area contributed by atoms with E-state index in [-0.39, 0.29) is 49.1 Å². The van der Waals surface area contributed by atoms with E-state index in [0.29, 0.717) is 22.5 Å². The average Bonchev–Trinajstić information content (AvgIpc) is 2.85. The Morgan fingerprint density at radius 1 is 1.00 bits per heavy atom. The lowest BCUT2D eigenvalue weighted by Crippen LogP contribution is -2.51. The summed E-state index contributed by atoms with van der Waals surface area (Å²) in [4.78, 5) is 31.0. The molecule has 2 aromatic carbocycles.